The Bertz CT molecular complexity index is 382. The van der Waals surface area contributed by atoms with E-state index < -0.39 is 0 Å². The van der Waals surface area contributed by atoms with Gasteiger partial charge in [0.25, 0.3) is 0 Å². The topological polar surface area (TPSA) is 56.5 Å². The molecule has 0 fully saturated rings. The Morgan fingerprint density at radius 1 is 1.44 bits per heavy atom. The monoisotopic (exact) mass is 250 g/mol. The average molecular weight is 250 g/mol. The standard InChI is InChI=1S/C14H22N2O2/c1-17-8-7-13(16-15)4-2-11-3-5-14-12(10-11)6-9-18-14/h3,5,10,13,16H,2,4,6-9,15H2,1H3. The van der Waals surface area contributed by atoms with E-state index in [1.807, 2.05) is 0 Å². The Balaban J connectivity index is 1.85. The molecular weight excluding hydrogens is 228 g/mol. The Kier molecular flexibility index (Phi) is 4.99. The van der Waals surface area contributed by atoms with Gasteiger partial charge in [-0.15, -0.1) is 0 Å². The molecule has 1 aliphatic heterocycles. The first-order valence-corrected chi connectivity index (χ1v) is 6.53. The predicted molar refractivity (Wildman–Crippen MR) is 71.6 cm³/mol. The maximum absolute atomic E-state index is 5.54. The number of ether oxygens (including phenoxy) is 2. The molecule has 4 heteroatoms. The fourth-order valence-electron chi connectivity index (χ4n) is 2.31. The van der Waals surface area contributed by atoms with Gasteiger partial charge in [-0.2, -0.15) is 0 Å². The largest absolute Gasteiger partial charge is 0.493 e. The zero-order valence-electron chi connectivity index (χ0n) is 10.9. The van der Waals surface area contributed by atoms with Crippen LogP contribution in [0.15, 0.2) is 18.2 Å². The molecule has 0 radical (unpaired) electrons. The molecule has 0 saturated heterocycles. The van der Waals surface area contributed by atoms with Crippen molar-refractivity contribution in [2.45, 2.75) is 31.7 Å². The molecule has 1 heterocycles. The van der Waals surface area contributed by atoms with Crippen molar-refractivity contribution in [1.29, 1.82) is 0 Å². The number of hydrazine groups is 1. The number of benzene rings is 1. The normalized spacial score (nSPS) is 15.2. The van der Waals surface area contributed by atoms with E-state index in [0.29, 0.717) is 6.04 Å². The molecule has 1 atom stereocenters. The van der Waals surface area contributed by atoms with Crippen molar-refractivity contribution in [3.63, 3.8) is 0 Å². The summed E-state index contributed by atoms with van der Waals surface area (Å²) in [5.74, 6) is 6.59. The first-order valence-electron chi connectivity index (χ1n) is 6.53. The molecule has 0 amide bonds. The Morgan fingerprint density at radius 2 is 2.33 bits per heavy atom. The van der Waals surface area contributed by atoms with Gasteiger partial charge >= 0.3 is 0 Å². The molecule has 0 aromatic heterocycles. The van der Waals surface area contributed by atoms with Gasteiger partial charge in [0.1, 0.15) is 5.75 Å². The fraction of sp³-hybridized carbons (Fsp3) is 0.571. The van der Waals surface area contributed by atoms with Gasteiger partial charge in [-0.1, -0.05) is 12.1 Å². The van der Waals surface area contributed by atoms with Gasteiger partial charge in [-0.25, -0.2) is 0 Å². The van der Waals surface area contributed by atoms with Crippen LogP contribution < -0.4 is 16.0 Å². The summed E-state index contributed by atoms with van der Waals surface area (Å²) in [4.78, 5) is 0. The molecule has 1 aromatic carbocycles. The zero-order chi connectivity index (χ0) is 12.8. The zero-order valence-corrected chi connectivity index (χ0v) is 10.9. The van der Waals surface area contributed by atoms with Gasteiger partial charge in [0.15, 0.2) is 0 Å². The summed E-state index contributed by atoms with van der Waals surface area (Å²) >= 11 is 0. The minimum atomic E-state index is 0.314. The average Bonchev–Trinajstić information content (AvgIpc) is 2.86. The van der Waals surface area contributed by atoms with E-state index in [0.717, 1.165) is 44.6 Å². The van der Waals surface area contributed by atoms with Crippen molar-refractivity contribution in [2.75, 3.05) is 20.3 Å². The van der Waals surface area contributed by atoms with Gasteiger partial charge in [-0.3, -0.25) is 11.3 Å². The lowest BCUT2D eigenvalue weighted by molar-refractivity contribution is 0.181. The second kappa shape index (κ2) is 6.73. The van der Waals surface area contributed by atoms with E-state index >= 15 is 0 Å². The van der Waals surface area contributed by atoms with Crippen LogP contribution in [0.25, 0.3) is 0 Å². The van der Waals surface area contributed by atoms with Crippen LogP contribution in [0.5, 0.6) is 5.75 Å². The fourth-order valence-corrected chi connectivity index (χ4v) is 2.31. The maximum atomic E-state index is 5.54. The minimum absolute atomic E-state index is 0.314. The number of rotatable bonds is 7. The van der Waals surface area contributed by atoms with Crippen molar-refractivity contribution in [2.24, 2.45) is 5.84 Å². The summed E-state index contributed by atoms with van der Waals surface area (Å²) in [6.07, 6.45) is 4.04. The molecule has 1 aromatic rings. The SMILES string of the molecule is COCCC(CCc1ccc2c(c1)CCO2)NN. The summed E-state index contributed by atoms with van der Waals surface area (Å²) in [6.45, 7) is 1.56. The summed E-state index contributed by atoms with van der Waals surface area (Å²) < 4.78 is 10.6. The molecule has 2 rings (SSSR count). The summed E-state index contributed by atoms with van der Waals surface area (Å²) in [7, 11) is 1.72. The molecule has 18 heavy (non-hydrogen) atoms. The highest BCUT2D eigenvalue weighted by molar-refractivity contribution is 5.39. The van der Waals surface area contributed by atoms with E-state index in [4.69, 9.17) is 15.3 Å². The summed E-state index contributed by atoms with van der Waals surface area (Å²) in [6, 6.07) is 6.80. The number of fused-ring (bicyclic) bond motifs is 1. The van der Waals surface area contributed by atoms with Gasteiger partial charge in [0.2, 0.25) is 0 Å². The molecule has 0 aliphatic carbocycles. The Labute approximate surface area is 108 Å². The molecule has 100 valence electrons. The lowest BCUT2D eigenvalue weighted by atomic mass is 10.0. The van der Waals surface area contributed by atoms with Crippen LogP contribution in [0.4, 0.5) is 0 Å². The molecule has 0 spiro atoms. The van der Waals surface area contributed by atoms with E-state index in [2.05, 4.69) is 23.6 Å². The van der Waals surface area contributed by atoms with Crippen LogP contribution in [0.2, 0.25) is 0 Å². The Morgan fingerprint density at radius 3 is 3.11 bits per heavy atom. The molecule has 0 saturated carbocycles. The summed E-state index contributed by atoms with van der Waals surface area (Å²) in [5, 5.41) is 0. The van der Waals surface area contributed by atoms with E-state index in [9.17, 15) is 0 Å². The van der Waals surface area contributed by atoms with Gasteiger partial charge in [0.05, 0.1) is 6.61 Å². The number of hydrogen-bond donors (Lipinski definition) is 2. The highest BCUT2D eigenvalue weighted by atomic mass is 16.5. The smallest absolute Gasteiger partial charge is 0.122 e. The van der Waals surface area contributed by atoms with Crippen molar-refractivity contribution < 1.29 is 9.47 Å². The van der Waals surface area contributed by atoms with Crippen LogP contribution >= 0.6 is 0 Å². The van der Waals surface area contributed by atoms with Crippen LogP contribution in [0, 0.1) is 0 Å². The number of nitrogens with two attached hydrogens (primary N) is 1. The van der Waals surface area contributed by atoms with Crippen LogP contribution in [0.3, 0.4) is 0 Å². The van der Waals surface area contributed by atoms with Crippen LogP contribution in [-0.2, 0) is 17.6 Å². The lowest BCUT2D eigenvalue weighted by Crippen LogP contribution is -2.36. The number of nitrogens with one attached hydrogen (secondary N) is 1. The second-order valence-electron chi connectivity index (χ2n) is 4.72. The van der Waals surface area contributed by atoms with Crippen LogP contribution in [0.1, 0.15) is 24.0 Å². The molecule has 4 nitrogen and oxygen atoms in total. The summed E-state index contributed by atoms with van der Waals surface area (Å²) in [5.41, 5.74) is 5.55. The van der Waals surface area contributed by atoms with Crippen molar-refractivity contribution in [1.82, 2.24) is 5.43 Å². The first kappa shape index (κ1) is 13.3. The second-order valence-corrected chi connectivity index (χ2v) is 4.72. The highest BCUT2D eigenvalue weighted by Crippen LogP contribution is 2.26. The van der Waals surface area contributed by atoms with E-state index in [1.54, 1.807) is 7.11 Å². The van der Waals surface area contributed by atoms with Gasteiger partial charge in [0, 0.05) is 26.2 Å². The quantitative estimate of drug-likeness (QED) is 0.567. The minimum Gasteiger partial charge on any atom is -0.493 e. The molecule has 3 N–H and O–H groups in total. The van der Waals surface area contributed by atoms with Gasteiger partial charge < -0.3 is 9.47 Å². The number of hydrogen-bond acceptors (Lipinski definition) is 4. The van der Waals surface area contributed by atoms with Gasteiger partial charge in [-0.05, 0) is 36.5 Å². The van der Waals surface area contributed by atoms with E-state index in [-0.39, 0.29) is 0 Å². The predicted octanol–water partition coefficient (Wildman–Crippen LogP) is 1.42. The molecular formula is C14H22N2O2. The van der Waals surface area contributed by atoms with Crippen LogP contribution in [-0.4, -0.2) is 26.4 Å². The third-order valence-electron chi connectivity index (χ3n) is 3.44. The van der Waals surface area contributed by atoms with E-state index in [1.165, 1.54) is 11.1 Å². The molecule has 1 unspecified atom stereocenters. The molecule has 0 bridgehead atoms. The number of methoxy groups -OCH3 is 1. The molecule has 1 aliphatic rings. The third kappa shape index (κ3) is 3.45. The van der Waals surface area contributed by atoms with Crippen molar-refractivity contribution >= 4 is 0 Å². The van der Waals surface area contributed by atoms with Crippen molar-refractivity contribution in [3.05, 3.63) is 29.3 Å². The third-order valence-corrected chi connectivity index (χ3v) is 3.44. The van der Waals surface area contributed by atoms with Crippen molar-refractivity contribution in [3.8, 4) is 5.75 Å². The maximum Gasteiger partial charge on any atom is 0.122 e. The highest BCUT2D eigenvalue weighted by Gasteiger charge is 2.13. The Hall–Kier alpha value is -1.10. The first-order chi connectivity index (χ1) is 8.83. The number of aryl methyl sites for hydroxylation is 1. The lowest BCUT2D eigenvalue weighted by Gasteiger charge is -2.15.